The molecule has 5 nitrogen and oxygen atoms in total. The standard InChI is InChI=1S/C23H26O5/c1-15-4-6-19-20(11-15)22(24)18-5-3-16(2)12-21(18)23(19)27-10-9-25-7-8-26-13-17-14-28-17/h3-6,11-12,17,24H,7-10,13-14H2,1-2H3. The van der Waals surface area contributed by atoms with E-state index in [2.05, 4.69) is 6.07 Å². The summed E-state index contributed by atoms with van der Waals surface area (Å²) >= 11 is 0. The second-order valence-electron chi connectivity index (χ2n) is 7.27. The van der Waals surface area contributed by atoms with Gasteiger partial charge in [0.25, 0.3) is 0 Å². The lowest BCUT2D eigenvalue weighted by Crippen LogP contribution is -2.12. The normalized spacial score (nSPS) is 16.0. The summed E-state index contributed by atoms with van der Waals surface area (Å²) in [7, 11) is 0. The number of phenols is 1. The van der Waals surface area contributed by atoms with E-state index < -0.39 is 0 Å². The molecule has 148 valence electrons. The second-order valence-corrected chi connectivity index (χ2v) is 7.27. The molecular formula is C23H26O5. The SMILES string of the molecule is Cc1ccc2c(OCCOCCOCC3CO3)c3cc(C)ccc3c(O)c2c1. The van der Waals surface area contributed by atoms with Gasteiger partial charge in [0, 0.05) is 21.5 Å². The first kappa shape index (κ1) is 19.0. The number of fused-ring (bicyclic) bond motifs is 2. The summed E-state index contributed by atoms with van der Waals surface area (Å²) in [6, 6.07) is 12.0. The van der Waals surface area contributed by atoms with E-state index in [-0.39, 0.29) is 6.10 Å². The molecular weight excluding hydrogens is 356 g/mol. The third-order valence-corrected chi connectivity index (χ3v) is 4.90. The van der Waals surface area contributed by atoms with Crippen molar-refractivity contribution in [3.8, 4) is 11.5 Å². The zero-order valence-electron chi connectivity index (χ0n) is 16.4. The van der Waals surface area contributed by atoms with Gasteiger partial charge >= 0.3 is 0 Å². The van der Waals surface area contributed by atoms with Gasteiger partial charge in [-0.15, -0.1) is 0 Å². The predicted molar refractivity (Wildman–Crippen MR) is 109 cm³/mol. The molecule has 0 saturated carbocycles. The van der Waals surface area contributed by atoms with Crippen molar-refractivity contribution in [3.05, 3.63) is 47.5 Å². The van der Waals surface area contributed by atoms with Crippen molar-refractivity contribution in [2.24, 2.45) is 0 Å². The molecule has 0 aromatic heterocycles. The van der Waals surface area contributed by atoms with E-state index in [0.717, 1.165) is 45.0 Å². The van der Waals surface area contributed by atoms with Crippen molar-refractivity contribution in [1.29, 1.82) is 0 Å². The minimum atomic E-state index is 0.284. The number of hydrogen-bond donors (Lipinski definition) is 1. The molecule has 1 aliphatic heterocycles. The van der Waals surface area contributed by atoms with Crippen LogP contribution in [0.2, 0.25) is 0 Å². The zero-order valence-corrected chi connectivity index (χ0v) is 16.4. The molecule has 1 saturated heterocycles. The van der Waals surface area contributed by atoms with Gasteiger partial charge in [0.15, 0.2) is 0 Å². The molecule has 5 heteroatoms. The van der Waals surface area contributed by atoms with Gasteiger partial charge < -0.3 is 24.1 Å². The van der Waals surface area contributed by atoms with Gasteiger partial charge in [0.2, 0.25) is 0 Å². The van der Waals surface area contributed by atoms with Gasteiger partial charge in [0.1, 0.15) is 24.2 Å². The van der Waals surface area contributed by atoms with Crippen molar-refractivity contribution in [3.63, 3.8) is 0 Å². The van der Waals surface area contributed by atoms with Gasteiger partial charge in [-0.05, 0) is 26.0 Å². The van der Waals surface area contributed by atoms with Crippen LogP contribution >= 0.6 is 0 Å². The second kappa shape index (κ2) is 8.35. The Morgan fingerprint density at radius 3 is 2.25 bits per heavy atom. The van der Waals surface area contributed by atoms with Gasteiger partial charge in [-0.3, -0.25) is 0 Å². The van der Waals surface area contributed by atoms with Crippen LogP contribution in [0.15, 0.2) is 36.4 Å². The lowest BCUT2D eigenvalue weighted by Gasteiger charge is -2.16. The highest BCUT2D eigenvalue weighted by atomic mass is 16.6. The molecule has 0 radical (unpaired) electrons. The third kappa shape index (κ3) is 4.22. The lowest BCUT2D eigenvalue weighted by atomic mass is 9.98. The van der Waals surface area contributed by atoms with Crippen molar-refractivity contribution >= 4 is 21.5 Å². The van der Waals surface area contributed by atoms with Crippen LogP contribution in [0.3, 0.4) is 0 Å². The summed E-state index contributed by atoms with van der Waals surface area (Å²) in [6.45, 7) is 7.51. The molecule has 3 aromatic carbocycles. The summed E-state index contributed by atoms with van der Waals surface area (Å²) in [6.07, 6.45) is 0.284. The number of aromatic hydroxyl groups is 1. The summed E-state index contributed by atoms with van der Waals surface area (Å²) in [5.74, 6) is 1.09. The summed E-state index contributed by atoms with van der Waals surface area (Å²) in [4.78, 5) is 0. The zero-order chi connectivity index (χ0) is 19.5. The first-order valence-corrected chi connectivity index (χ1v) is 9.69. The number of epoxide rings is 1. The van der Waals surface area contributed by atoms with Crippen LogP contribution in [0, 0.1) is 13.8 Å². The molecule has 1 aliphatic rings. The topological polar surface area (TPSA) is 60.5 Å². The van der Waals surface area contributed by atoms with E-state index in [4.69, 9.17) is 18.9 Å². The number of ether oxygens (including phenoxy) is 4. The summed E-state index contributed by atoms with van der Waals surface area (Å²) in [5, 5.41) is 14.2. The van der Waals surface area contributed by atoms with E-state index in [1.165, 1.54) is 0 Å². The van der Waals surface area contributed by atoms with Crippen LogP contribution in [0.5, 0.6) is 11.5 Å². The number of phenolic OH excluding ortho intramolecular Hbond substituents is 1. The van der Waals surface area contributed by atoms with E-state index in [9.17, 15) is 5.11 Å². The smallest absolute Gasteiger partial charge is 0.135 e. The van der Waals surface area contributed by atoms with Crippen LogP contribution in [0.4, 0.5) is 0 Å². The first-order valence-electron chi connectivity index (χ1n) is 9.69. The average Bonchev–Trinajstić information content (AvgIpc) is 3.50. The van der Waals surface area contributed by atoms with Gasteiger partial charge in [0.05, 0.1) is 33.0 Å². The van der Waals surface area contributed by atoms with Crippen LogP contribution < -0.4 is 4.74 Å². The fourth-order valence-electron chi connectivity index (χ4n) is 3.35. The fraction of sp³-hybridized carbons (Fsp3) is 0.391. The van der Waals surface area contributed by atoms with Crippen molar-refractivity contribution in [2.45, 2.75) is 20.0 Å². The Kier molecular flexibility index (Phi) is 5.67. The predicted octanol–water partition coefficient (Wildman–Crippen LogP) is 4.13. The Balaban J connectivity index is 1.48. The first-order chi connectivity index (χ1) is 13.6. The van der Waals surface area contributed by atoms with Crippen molar-refractivity contribution in [2.75, 3.05) is 39.6 Å². The molecule has 1 unspecified atom stereocenters. The number of rotatable bonds is 9. The van der Waals surface area contributed by atoms with E-state index in [0.29, 0.717) is 38.8 Å². The maximum Gasteiger partial charge on any atom is 0.135 e. The quantitative estimate of drug-likeness (QED) is 0.343. The fourth-order valence-corrected chi connectivity index (χ4v) is 3.35. The molecule has 1 fully saturated rings. The average molecular weight is 382 g/mol. The van der Waals surface area contributed by atoms with Crippen molar-refractivity contribution < 1.29 is 24.1 Å². The Morgan fingerprint density at radius 1 is 0.857 bits per heavy atom. The maximum atomic E-state index is 10.8. The molecule has 0 bridgehead atoms. The highest BCUT2D eigenvalue weighted by Gasteiger charge is 2.22. The molecule has 1 atom stereocenters. The van der Waals surface area contributed by atoms with E-state index in [1.54, 1.807) is 0 Å². The van der Waals surface area contributed by atoms with Gasteiger partial charge in [-0.2, -0.15) is 0 Å². The Morgan fingerprint density at radius 2 is 1.50 bits per heavy atom. The maximum absolute atomic E-state index is 10.8. The van der Waals surface area contributed by atoms with E-state index in [1.807, 2.05) is 44.2 Å². The Bertz CT molecular complexity index is 978. The van der Waals surface area contributed by atoms with Crippen molar-refractivity contribution in [1.82, 2.24) is 0 Å². The largest absolute Gasteiger partial charge is 0.507 e. The van der Waals surface area contributed by atoms with Crippen LogP contribution in [0.1, 0.15) is 11.1 Å². The molecule has 1 N–H and O–H groups in total. The molecule has 3 aromatic rings. The van der Waals surface area contributed by atoms with E-state index >= 15 is 0 Å². The molecule has 1 heterocycles. The van der Waals surface area contributed by atoms with Crippen LogP contribution in [-0.2, 0) is 14.2 Å². The molecule has 0 amide bonds. The highest BCUT2D eigenvalue weighted by molar-refractivity contribution is 6.11. The summed E-state index contributed by atoms with van der Waals surface area (Å²) < 4.78 is 22.3. The molecule has 0 aliphatic carbocycles. The monoisotopic (exact) mass is 382 g/mol. The van der Waals surface area contributed by atoms with Crippen LogP contribution in [0.25, 0.3) is 21.5 Å². The Labute approximate surface area is 164 Å². The van der Waals surface area contributed by atoms with Crippen LogP contribution in [-0.4, -0.2) is 50.9 Å². The minimum absolute atomic E-state index is 0.284. The highest BCUT2D eigenvalue weighted by Crippen LogP contribution is 2.42. The van der Waals surface area contributed by atoms with Gasteiger partial charge in [-0.1, -0.05) is 35.4 Å². The molecule has 4 rings (SSSR count). The van der Waals surface area contributed by atoms with Gasteiger partial charge in [-0.25, -0.2) is 0 Å². The number of aryl methyl sites for hydroxylation is 2. The summed E-state index contributed by atoms with van der Waals surface area (Å²) in [5.41, 5.74) is 2.22. The Hall–Kier alpha value is -2.34. The number of hydrogen-bond acceptors (Lipinski definition) is 5. The number of benzene rings is 3. The third-order valence-electron chi connectivity index (χ3n) is 4.90. The minimum Gasteiger partial charge on any atom is -0.507 e. The molecule has 28 heavy (non-hydrogen) atoms. The lowest BCUT2D eigenvalue weighted by molar-refractivity contribution is 0.0320. The molecule has 0 spiro atoms.